The smallest absolute Gasteiger partial charge is 0.191 e. The van der Waals surface area contributed by atoms with E-state index in [2.05, 4.69) is 22.5 Å². The predicted octanol–water partition coefficient (Wildman–Crippen LogP) is 3.45. The molecule has 0 aromatic heterocycles. The number of nitrogens with zero attached hydrogens (tertiary/aromatic N) is 1. The number of benzene rings is 1. The minimum Gasteiger partial charge on any atom is -0.493 e. The summed E-state index contributed by atoms with van der Waals surface area (Å²) >= 11 is 0. The van der Waals surface area contributed by atoms with Gasteiger partial charge in [0.2, 0.25) is 0 Å². The molecule has 1 saturated carbocycles. The van der Waals surface area contributed by atoms with Crippen LogP contribution in [0.4, 0.5) is 0 Å². The summed E-state index contributed by atoms with van der Waals surface area (Å²) in [6, 6.07) is 7.66. The number of aliphatic imine (C=N–C) groups is 1. The molecule has 0 bridgehead atoms. The van der Waals surface area contributed by atoms with Crippen molar-refractivity contribution in [3.05, 3.63) is 24.3 Å². The number of guanidine groups is 1. The first-order valence-electron chi connectivity index (χ1n) is 9.62. The molecule has 1 aromatic carbocycles. The largest absolute Gasteiger partial charge is 0.493 e. The maximum absolute atomic E-state index is 5.94. The first-order valence-corrected chi connectivity index (χ1v) is 9.62. The van der Waals surface area contributed by atoms with Gasteiger partial charge < -0.3 is 24.8 Å². The van der Waals surface area contributed by atoms with E-state index in [1.54, 1.807) is 7.11 Å². The molecule has 27 heavy (non-hydrogen) atoms. The molecule has 1 unspecified atom stereocenters. The molecule has 7 heteroatoms. The van der Waals surface area contributed by atoms with Gasteiger partial charge in [-0.25, -0.2) is 4.99 Å². The lowest BCUT2D eigenvalue weighted by atomic mass is 10.3. The quantitative estimate of drug-likeness (QED) is 0.203. The zero-order valence-corrected chi connectivity index (χ0v) is 19.0. The molecule has 0 heterocycles. The summed E-state index contributed by atoms with van der Waals surface area (Å²) in [5.41, 5.74) is 0. The van der Waals surface area contributed by atoms with E-state index in [1.807, 2.05) is 31.2 Å². The Labute approximate surface area is 180 Å². The zero-order chi connectivity index (χ0) is 18.6. The van der Waals surface area contributed by atoms with E-state index in [9.17, 15) is 0 Å². The van der Waals surface area contributed by atoms with Crippen LogP contribution in [0.2, 0.25) is 0 Å². The van der Waals surface area contributed by atoms with E-state index in [0.29, 0.717) is 6.54 Å². The topological polar surface area (TPSA) is 64.1 Å². The van der Waals surface area contributed by atoms with Crippen LogP contribution in [0.25, 0.3) is 0 Å². The number of methoxy groups -OCH3 is 1. The van der Waals surface area contributed by atoms with Crippen molar-refractivity contribution in [1.29, 1.82) is 0 Å². The summed E-state index contributed by atoms with van der Waals surface area (Å²) in [5.74, 6) is 3.11. The second-order valence-corrected chi connectivity index (χ2v) is 6.60. The van der Waals surface area contributed by atoms with Crippen LogP contribution in [-0.4, -0.2) is 52.0 Å². The third kappa shape index (κ3) is 10.0. The number of para-hydroxylation sites is 2. The van der Waals surface area contributed by atoms with Crippen molar-refractivity contribution in [3.8, 4) is 11.5 Å². The Balaban J connectivity index is 0.00000364. The van der Waals surface area contributed by atoms with Crippen molar-refractivity contribution in [3.63, 3.8) is 0 Å². The van der Waals surface area contributed by atoms with Crippen LogP contribution >= 0.6 is 24.0 Å². The fourth-order valence-corrected chi connectivity index (χ4v) is 2.45. The monoisotopic (exact) mass is 491 g/mol. The van der Waals surface area contributed by atoms with Gasteiger partial charge in [0, 0.05) is 26.3 Å². The van der Waals surface area contributed by atoms with Crippen molar-refractivity contribution < 1.29 is 14.2 Å². The number of hydrogen-bond acceptors (Lipinski definition) is 4. The molecule has 2 N–H and O–H groups in total. The van der Waals surface area contributed by atoms with Gasteiger partial charge in [0.25, 0.3) is 0 Å². The van der Waals surface area contributed by atoms with Crippen LogP contribution in [0.15, 0.2) is 29.3 Å². The predicted molar refractivity (Wildman–Crippen MR) is 121 cm³/mol. The summed E-state index contributed by atoms with van der Waals surface area (Å²) in [6.07, 6.45) is 3.60. The minimum absolute atomic E-state index is 0. The maximum atomic E-state index is 5.94. The summed E-state index contributed by atoms with van der Waals surface area (Å²) in [5, 5.41) is 6.61. The molecule has 0 amide bonds. The average molecular weight is 491 g/mol. The molecular formula is C20H34IN3O3. The summed E-state index contributed by atoms with van der Waals surface area (Å²) in [6.45, 7) is 8.02. The van der Waals surface area contributed by atoms with Gasteiger partial charge in [-0.1, -0.05) is 12.1 Å². The van der Waals surface area contributed by atoms with Crippen molar-refractivity contribution in [2.75, 3.05) is 40.0 Å². The lowest BCUT2D eigenvalue weighted by Gasteiger charge is -2.16. The molecule has 0 aliphatic heterocycles. The normalized spacial score (nSPS) is 14.9. The molecule has 1 aromatic rings. The molecule has 1 atom stereocenters. The van der Waals surface area contributed by atoms with E-state index in [0.717, 1.165) is 56.1 Å². The highest BCUT2D eigenvalue weighted by molar-refractivity contribution is 14.0. The molecule has 6 nitrogen and oxygen atoms in total. The second-order valence-electron chi connectivity index (χ2n) is 6.60. The standard InChI is InChI=1S/C20H33N3O3.HI/c1-4-21-20(22-12-7-13-25-15-17-10-11-17)23-14-16(2)26-19-9-6-5-8-18(19)24-3;/h5-6,8-9,16-17H,4,7,10-15H2,1-3H3,(H2,21,22,23);1H. The van der Waals surface area contributed by atoms with Crippen LogP contribution in [0.3, 0.4) is 0 Å². The molecule has 0 radical (unpaired) electrons. The van der Waals surface area contributed by atoms with Gasteiger partial charge in [0.1, 0.15) is 6.10 Å². The molecule has 1 aliphatic rings. The lowest BCUT2D eigenvalue weighted by molar-refractivity contribution is 0.123. The number of ether oxygens (including phenoxy) is 3. The Morgan fingerprint density at radius 2 is 1.96 bits per heavy atom. The van der Waals surface area contributed by atoms with Gasteiger partial charge in [-0.15, -0.1) is 24.0 Å². The molecular weight excluding hydrogens is 457 g/mol. The van der Waals surface area contributed by atoms with Crippen LogP contribution in [-0.2, 0) is 4.74 Å². The van der Waals surface area contributed by atoms with Gasteiger partial charge in [0.15, 0.2) is 17.5 Å². The number of rotatable bonds is 12. The highest BCUT2D eigenvalue weighted by Crippen LogP contribution is 2.28. The van der Waals surface area contributed by atoms with Gasteiger partial charge in [-0.2, -0.15) is 0 Å². The Kier molecular flexibility index (Phi) is 12.2. The first-order chi connectivity index (χ1) is 12.7. The molecule has 1 aliphatic carbocycles. The molecule has 154 valence electrons. The second kappa shape index (κ2) is 13.9. The van der Waals surface area contributed by atoms with Crippen molar-refractivity contribution in [2.45, 2.75) is 39.2 Å². The Bertz CT molecular complexity index is 553. The zero-order valence-electron chi connectivity index (χ0n) is 16.7. The third-order valence-electron chi connectivity index (χ3n) is 4.06. The maximum Gasteiger partial charge on any atom is 0.191 e. The molecule has 1 fully saturated rings. The van der Waals surface area contributed by atoms with E-state index >= 15 is 0 Å². The van der Waals surface area contributed by atoms with Crippen molar-refractivity contribution in [1.82, 2.24) is 10.6 Å². The molecule has 0 spiro atoms. The lowest BCUT2D eigenvalue weighted by Crippen LogP contribution is -2.38. The fraction of sp³-hybridized carbons (Fsp3) is 0.650. The fourth-order valence-electron chi connectivity index (χ4n) is 2.45. The van der Waals surface area contributed by atoms with Gasteiger partial charge in [-0.05, 0) is 51.2 Å². The average Bonchev–Trinajstić information content (AvgIpc) is 3.47. The van der Waals surface area contributed by atoms with E-state index in [4.69, 9.17) is 14.2 Å². The summed E-state index contributed by atoms with van der Waals surface area (Å²) in [7, 11) is 1.65. The van der Waals surface area contributed by atoms with Gasteiger partial charge in [-0.3, -0.25) is 0 Å². The van der Waals surface area contributed by atoms with Crippen molar-refractivity contribution in [2.24, 2.45) is 10.9 Å². The SMILES string of the molecule is CCNC(=NCC(C)Oc1ccccc1OC)NCCCOCC1CC1.I. The Hall–Kier alpha value is -1.22. The summed E-state index contributed by atoms with van der Waals surface area (Å²) < 4.78 is 16.9. The Morgan fingerprint density at radius 1 is 1.22 bits per heavy atom. The third-order valence-corrected chi connectivity index (χ3v) is 4.06. The summed E-state index contributed by atoms with van der Waals surface area (Å²) in [4.78, 5) is 4.61. The number of halogens is 1. The number of hydrogen-bond donors (Lipinski definition) is 2. The van der Waals surface area contributed by atoms with Crippen molar-refractivity contribution >= 4 is 29.9 Å². The van der Waals surface area contributed by atoms with E-state index in [-0.39, 0.29) is 30.1 Å². The minimum atomic E-state index is -0.0522. The highest BCUT2D eigenvalue weighted by atomic mass is 127. The van der Waals surface area contributed by atoms with Gasteiger partial charge >= 0.3 is 0 Å². The van der Waals surface area contributed by atoms with E-state index < -0.39 is 0 Å². The first kappa shape index (κ1) is 23.8. The molecule has 0 saturated heterocycles. The van der Waals surface area contributed by atoms with Crippen LogP contribution in [0, 0.1) is 5.92 Å². The van der Waals surface area contributed by atoms with Gasteiger partial charge in [0.05, 0.1) is 13.7 Å². The Morgan fingerprint density at radius 3 is 2.63 bits per heavy atom. The van der Waals surface area contributed by atoms with Crippen LogP contribution in [0.1, 0.15) is 33.1 Å². The van der Waals surface area contributed by atoms with Crippen LogP contribution < -0.4 is 20.1 Å². The molecule has 2 rings (SSSR count). The highest BCUT2D eigenvalue weighted by Gasteiger charge is 2.20. The van der Waals surface area contributed by atoms with E-state index in [1.165, 1.54) is 12.8 Å². The number of nitrogens with one attached hydrogen (secondary N) is 2. The van der Waals surface area contributed by atoms with Crippen LogP contribution in [0.5, 0.6) is 11.5 Å².